The second kappa shape index (κ2) is 5.46. The van der Waals surface area contributed by atoms with Crippen LogP contribution in [0.3, 0.4) is 0 Å². The van der Waals surface area contributed by atoms with E-state index in [2.05, 4.69) is 0 Å². The largest absolute Gasteiger partial charge is 0.487 e. The molecule has 0 fully saturated rings. The van der Waals surface area contributed by atoms with Gasteiger partial charge in [-0.05, 0) is 44.5 Å². The molecule has 2 heterocycles. The maximum atomic E-state index is 12.5. The zero-order valence-electron chi connectivity index (χ0n) is 14.5. The number of fused-ring (bicyclic) bond motifs is 3. The molecule has 0 radical (unpaired) electrons. The van der Waals surface area contributed by atoms with Crippen molar-refractivity contribution in [2.45, 2.75) is 38.9 Å². The third kappa shape index (κ3) is 2.72. The fraction of sp³-hybridized carbons (Fsp3) is 0.286. The molecule has 1 aromatic heterocycles. The summed E-state index contributed by atoms with van der Waals surface area (Å²) in [5.41, 5.74) is 2.59. The van der Waals surface area contributed by atoms with Crippen molar-refractivity contribution in [2.75, 3.05) is 0 Å². The lowest BCUT2D eigenvalue weighted by Gasteiger charge is -2.24. The highest BCUT2D eigenvalue weighted by Gasteiger charge is 2.36. The maximum Gasteiger partial charge on any atom is 0.344 e. The Balaban J connectivity index is 1.84. The van der Waals surface area contributed by atoms with Gasteiger partial charge in [0.1, 0.15) is 17.4 Å². The molecule has 0 saturated carbocycles. The van der Waals surface area contributed by atoms with Crippen molar-refractivity contribution in [1.82, 2.24) is 0 Å². The van der Waals surface area contributed by atoms with E-state index < -0.39 is 5.60 Å². The lowest BCUT2D eigenvalue weighted by atomic mass is 9.96. The van der Waals surface area contributed by atoms with E-state index in [0.29, 0.717) is 23.3 Å². The van der Waals surface area contributed by atoms with E-state index in [-0.39, 0.29) is 11.7 Å². The number of aryl methyl sites for hydroxylation is 1. The van der Waals surface area contributed by atoms with Crippen LogP contribution in [0, 0.1) is 6.92 Å². The van der Waals surface area contributed by atoms with Gasteiger partial charge in [0.2, 0.25) is 0 Å². The van der Waals surface area contributed by atoms with Gasteiger partial charge in [-0.3, -0.25) is 0 Å². The Bertz CT molecular complexity index is 1010. The summed E-state index contributed by atoms with van der Waals surface area (Å²) in [6, 6.07) is 13.4. The molecule has 1 unspecified atom stereocenters. The molecule has 1 N–H and O–H groups in total. The van der Waals surface area contributed by atoms with Gasteiger partial charge in [-0.25, -0.2) is 4.79 Å². The number of hydrogen-bond donors (Lipinski definition) is 1. The Labute approximate surface area is 145 Å². The molecule has 1 aliphatic heterocycles. The number of benzene rings is 2. The van der Waals surface area contributed by atoms with Gasteiger partial charge in [-0.2, -0.15) is 0 Å². The molecule has 128 valence electrons. The highest BCUT2D eigenvalue weighted by molar-refractivity contribution is 5.86. The van der Waals surface area contributed by atoms with Crippen molar-refractivity contribution in [2.24, 2.45) is 0 Å². The number of ether oxygens (including phenoxy) is 1. The Hall–Kier alpha value is -2.59. The Morgan fingerprint density at radius 3 is 2.52 bits per heavy atom. The zero-order valence-corrected chi connectivity index (χ0v) is 14.5. The van der Waals surface area contributed by atoms with Gasteiger partial charge < -0.3 is 14.3 Å². The van der Waals surface area contributed by atoms with E-state index in [1.807, 2.05) is 49.4 Å². The van der Waals surface area contributed by atoms with Gasteiger partial charge in [-0.15, -0.1) is 0 Å². The normalized spacial score (nSPS) is 16.7. The van der Waals surface area contributed by atoms with Crippen LogP contribution in [0.4, 0.5) is 0 Å². The predicted molar refractivity (Wildman–Crippen MR) is 97.1 cm³/mol. The molecule has 2 aromatic carbocycles. The zero-order chi connectivity index (χ0) is 17.8. The molecule has 0 saturated heterocycles. The molecule has 3 aromatic rings. The Morgan fingerprint density at radius 1 is 1.12 bits per heavy atom. The van der Waals surface area contributed by atoms with E-state index >= 15 is 0 Å². The summed E-state index contributed by atoms with van der Waals surface area (Å²) in [7, 11) is 0. The van der Waals surface area contributed by atoms with E-state index in [4.69, 9.17) is 9.15 Å². The highest BCUT2D eigenvalue weighted by Crippen LogP contribution is 2.38. The van der Waals surface area contributed by atoms with Gasteiger partial charge in [0.15, 0.2) is 0 Å². The van der Waals surface area contributed by atoms with Crippen LogP contribution < -0.4 is 10.4 Å². The van der Waals surface area contributed by atoms with Crippen molar-refractivity contribution in [1.29, 1.82) is 0 Å². The lowest BCUT2D eigenvalue weighted by molar-refractivity contribution is -0.0229. The minimum absolute atomic E-state index is 0.352. The molecule has 4 rings (SSSR count). The summed E-state index contributed by atoms with van der Waals surface area (Å²) in [6.45, 7) is 5.45. The van der Waals surface area contributed by atoms with Crippen molar-refractivity contribution in [3.63, 3.8) is 0 Å². The van der Waals surface area contributed by atoms with Crippen molar-refractivity contribution >= 4 is 11.0 Å². The molecule has 0 spiro atoms. The van der Waals surface area contributed by atoms with Gasteiger partial charge in [0, 0.05) is 17.4 Å². The van der Waals surface area contributed by atoms with E-state index in [9.17, 15) is 9.90 Å². The molecule has 1 atom stereocenters. The summed E-state index contributed by atoms with van der Waals surface area (Å²) in [4.78, 5) is 12.5. The van der Waals surface area contributed by atoms with Crippen LogP contribution in [-0.4, -0.2) is 16.8 Å². The molecule has 1 aliphatic rings. The van der Waals surface area contributed by atoms with E-state index in [1.54, 1.807) is 13.8 Å². The third-order valence-electron chi connectivity index (χ3n) is 4.77. The standard InChI is InChI=1S/C21H20O4/c1-12-4-6-13(7-5-12)15-10-14-8-9-17-16(19(14)25-20(15)22)11-18(24-17)21(2,3)23/h4-10,18,23H,11H2,1-3H3. The topological polar surface area (TPSA) is 59.7 Å². The summed E-state index contributed by atoms with van der Waals surface area (Å²) in [5.74, 6) is 0.672. The van der Waals surface area contributed by atoms with Crippen molar-refractivity contribution in [3.8, 4) is 16.9 Å². The van der Waals surface area contributed by atoms with Gasteiger partial charge in [-0.1, -0.05) is 29.8 Å². The first-order valence-corrected chi connectivity index (χ1v) is 8.39. The van der Waals surface area contributed by atoms with E-state index in [0.717, 1.165) is 22.1 Å². The maximum absolute atomic E-state index is 12.5. The first-order valence-electron chi connectivity index (χ1n) is 8.39. The summed E-state index contributed by atoms with van der Waals surface area (Å²) in [5, 5.41) is 11.1. The molecular formula is C21H20O4. The van der Waals surface area contributed by atoms with Crippen LogP contribution in [0.5, 0.6) is 5.75 Å². The SMILES string of the molecule is Cc1ccc(-c2cc3ccc4c(c3oc2=O)CC(C(C)(C)O)O4)cc1. The average molecular weight is 336 g/mol. The molecule has 0 aliphatic carbocycles. The lowest BCUT2D eigenvalue weighted by Crippen LogP contribution is -2.39. The van der Waals surface area contributed by atoms with Crippen LogP contribution in [0.15, 0.2) is 51.7 Å². The van der Waals surface area contributed by atoms with Crippen molar-refractivity contribution in [3.05, 3.63) is 64.0 Å². The van der Waals surface area contributed by atoms with Crippen LogP contribution >= 0.6 is 0 Å². The van der Waals surface area contributed by atoms with Gasteiger partial charge >= 0.3 is 5.63 Å². The molecule has 0 amide bonds. The van der Waals surface area contributed by atoms with Gasteiger partial charge in [0.05, 0.1) is 11.2 Å². The minimum Gasteiger partial charge on any atom is -0.487 e. The summed E-state index contributed by atoms with van der Waals surface area (Å²) >= 11 is 0. The van der Waals surface area contributed by atoms with Crippen LogP contribution in [0.1, 0.15) is 25.0 Å². The number of aliphatic hydroxyl groups is 1. The molecule has 25 heavy (non-hydrogen) atoms. The summed E-state index contributed by atoms with van der Waals surface area (Å²) < 4.78 is 11.5. The molecule has 4 nitrogen and oxygen atoms in total. The fourth-order valence-electron chi connectivity index (χ4n) is 3.24. The van der Waals surface area contributed by atoms with Crippen molar-refractivity contribution < 1.29 is 14.3 Å². The monoisotopic (exact) mass is 336 g/mol. The Morgan fingerprint density at radius 2 is 1.84 bits per heavy atom. The first kappa shape index (κ1) is 15.9. The average Bonchev–Trinajstić information content (AvgIpc) is 3.00. The van der Waals surface area contributed by atoms with E-state index in [1.165, 1.54) is 0 Å². The first-order chi connectivity index (χ1) is 11.8. The molecule has 0 bridgehead atoms. The van der Waals surface area contributed by atoms with Crippen LogP contribution in [0.25, 0.3) is 22.1 Å². The number of hydrogen-bond acceptors (Lipinski definition) is 4. The van der Waals surface area contributed by atoms with Crippen LogP contribution in [0.2, 0.25) is 0 Å². The second-order valence-corrected chi connectivity index (χ2v) is 7.24. The highest BCUT2D eigenvalue weighted by atomic mass is 16.5. The molecule has 4 heteroatoms. The van der Waals surface area contributed by atoms with Crippen LogP contribution in [-0.2, 0) is 6.42 Å². The fourth-order valence-corrected chi connectivity index (χ4v) is 3.24. The minimum atomic E-state index is -0.965. The number of rotatable bonds is 2. The second-order valence-electron chi connectivity index (χ2n) is 7.24. The summed E-state index contributed by atoms with van der Waals surface area (Å²) in [6.07, 6.45) is 0.165. The predicted octanol–water partition coefficient (Wildman–Crippen LogP) is 3.84. The smallest absolute Gasteiger partial charge is 0.344 e. The Kier molecular flexibility index (Phi) is 3.48. The van der Waals surface area contributed by atoms with Gasteiger partial charge in [0.25, 0.3) is 0 Å². The third-order valence-corrected chi connectivity index (χ3v) is 4.77. The molecular weight excluding hydrogens is 316 g/mol. The quantitative estimate of drug-likeness (QED) is 0.722.